The van der Waals surface area contributed by atoms with Gasteiger partial charge >= 0.3 is 11.7 Å². The number of nitrogens with zero attached hydrogens (tertiary/aromatic N) is 2. The van der Waals surface area contributed by atoms with Gasteiger partial charge in [0.25, 0.3) is 26.1 Å². The van der Waals surface area contributed by atoms with Gasteiger partial charge in [0, 0.05) is 59.2 Å². The monoisotopic (exact) mass is 997 g/mol. The molecule has 3 heterocycles. The van der Waals surface area contributed by atoms with Gasteiger partial charge in [-0.2, -0.15) is 21.8 Å². The minimum atomic E-state index is -5.21. The predicted octanol–water partition coefficient (Wildman–Crippen LogP) is 3.53. The summed E-state index contributed by atoms with van der Waals surface area (Å²) in [5, 5.41) is 23.0. The van der Waals surface area contributed by atoms with E-state index in [1.807, 2.05) is 6.92 Å². The van der Waals surface area contributed by atoms with Crippen LogP contribution in [0.25, 0.3) is 33.4 Å². The first-order valence-corrected chi connectivity index (χ1v) is 25.4. The number of carbonyl (C=O) groups excluding carboxylic acids is 2. The van der Waals surface area contributed by atoms with Crippen LogP contribution in [-0.4, -0.2) is 102 Å². The van der Waals surface area contributed by atoms with E-state index in [0.29, 0.717) is 36.5 Å². The summed E-state index contributed by atoms with van der Waals surface area (Å²) in [5.41, 5.74) is 9.27. The number of fused-ring (bicyclic) bond motifs is 2. The number of carboxylic acids is 1. The minimum absolute atomic E-state index is 0.00136. The number of amides is 2. The number of ether oxygens (including phenoxy) is 2. The van der Waals surface area contributed by atoms with Gasteiger partial charge in [-0.3, -0.25) is 28.7 Å². The topological polar surface area (TPSA) is 347 Å². The van der Waals surface area contributed by atoms with Crippen LogP contribution in [0.5, 0.6) is 0 Å². The molecule has 2 amide bonds. The fourth-order valence-corrected chi connectivity index (χ4v) is 10.6. The molecule has 0 spiro atoms. The Labute approximate surface area is 390 Å². The first-order valence-electron chi connectivity index (χ1n) is 20.0. The van der Waals surface area contributed by atoms with E-state index < -0.39 is 81.8 Å². The second kappa shape index (κ2) is 21.2. The van der Waals surface area contributed by atoms with Crippen LogP contribution in [0, 0.1) is 17.3 Å². The molecule has 0 saturated carbocycles. The van der Waals surface area contributed by atoms with Gasteiger partial charge in [-0.25, -0.2) is 9.59 Å². The molecule has 0 bridgehead atoms. The molecule has 2 aromatic carbocycles. The van der Waals surface area contributed by atoms with E-state index in [2.05, 4.69) is 34.0 Å². The van der Waals surface area contributed by atoms with Crippen molar-refractivity contribution < 1.29 is 59.3 Å². The quantitative estimate of drug-likeness (QED) is 0.0118. The van der Waals surface area contributed by atoms with E-state index in [-0.39, 0.29) is 71.1 Å². The second-order valence-electron chi connectivity index (χ2n) is 14.6. The van der Waals surface area contributed by atoms with Crippen molar-refractivity contribution in [1.82, 2.24) is 20.2 Å². The maximum Gasteiger partial charge on any atom is 0.351 e. The largest absolute Gasteiger partial charge is 0.478 e. The summed E-state index contributed by atoms with van der Waals surface area (Å²) in [6.45, 7) is 6.11. The van der Waals surface area contributed by atoms with Crippen molar-refractivity contribution >= 4 is 82.1 Å². The van der Waals surface area contributed by atoms with E-state index in [4.69, 9.17) is 30.8 Å². The van der Waals surface area contributed by atoms with E-state index in [1.165, 1.54) is 56.6 Å². The van der Waals surface area contributed by atoms with E-state index >= 15 is 0 Å². The van der Waals surface area contributed by atoms with Crippen LogP contribution in [0.15, 0.2) is 80.3 Å². The molecule has 10 N–H and O–H groups in total. The first kappa shape index (κ1) is 50.2. The van der Waals surface area contributed by atoms with E-state index in [0.717, 1.165) is 18.2 Å². The maximum atomic E-state index is 13.2. The standard InChI is InChI=1S/C42H43N7O14S4/c1-3-16-61-31-20-33(62-30(31)4-2)49-21-23(39(45)48-42(49)54)6-5-14-46-32(50)13-17-64-65-18-15-47-40(51)22-7-8-24(27(19-22)41(52)53)34-25-9-11-28(43)37(66(55,56)57)35(25)63-36-26(34)10-12-29(44)38(36)67(58,59)60/h3,7-12,19,21,30-31,33,43H,1,4,13-18,20,44H2,2H3,(H,46,50)(H,47,51)(H,52,53)(H2,45,48,54)(H,55,56,57)(H,58,59,60). The third-order valence-corrected chi connectivity index (χ3v) is 14.4. The molecule has 1 aromatic heterocycles. The normalized spacial score (nSPS) is 16.1. The number of hydrogen-bond donors (Lipinski definition) is 8. The van der Waals surface area contributed by atoms with Crippen LogP contribution < -0.4 is 33.1 Å². The van der Waals surface area contributed by atoms with Gasteiger partial charge in [-0.05, 0) is 48.4 Å². The number of aromatic nitrogens is 2. The summed E-state index contributed by atoms with van der Waals surface area (Å²) in [7, 11) is -7.63. The molecule has 354 valence electrons. The number of carboxylic acid groups (broad SMARTS) is 1. The van der Waals surface area contributed by atoms with Crippen molar-refractivity contribution in [1.29, 1.82) is 5.41 Å². The molecule has 67 heavy (non-hydrogen) atoms. The highest BCUT2D eigenvalue weighted by molar-refractivity contribution is 8.76. The van der Waals surface area contributed by atoms with Crippen molar-refractivity contribution in [3.63, 3.8) is 0 Å². The third kappa shape index (κ3) is 11.5. The van der Waals surface area contributed by atoms with Crippen molar-refractivity contribution in [2.75, 3.05) is 42.7 Å². The van der Waals surface area contributed by atoms with Gasteiger partial charge < -0.3 is 41.1 Å². The Morgan fingerprint density at radius 3 is 2.45 bits per heavy atom. The molecule has 25 heteroatoms. The highest BCUT2D eigenvalue weighted by atomic mass is 33.1. The number of nitrogen functional groups attached to an aromatic ring is 2. The first-order chi connectivity index (χ1) is 31.7. The van der Waals surface area contributed by atoms with E-state index in [1.54, 1.807) is 6.08 Å². The lowest BCUT2D eigenvalue weighted by atomic mass is 9.89. The Hall–Kier alpha value is -6.24. The van der Waals surface area contributed by atoms with Crippen molar-refractivity contribution in [3.8, 4) is 34.3 Å². The van der Waals surface area contributed by atoms with Crippen LogP contribution in [0.1, 0.15) is 58.7 Å². The number of aromatic carboxylic acids is 1. The maximum absolute atomic E-state index is 13.2. The summed E-state index contributed by atoms with van der Waals surface area (Å²) in [6, 6.07) is 8.10. The van der Waals surface area contributed by atoms with E-state index in [9.17, 15) is 50.2 Å². The molecule has 1 saturated heterocycles. The van der Waals surface area contributed by atoms with Crippen LogP contribution in [0.2, 0.25) is 0 Å². The zero-order valence-corrected chi connectivity index (χ0v) is 38.6. The zero-order chi connectivity index (χ0) is 48.8. The Balaban J connectivity index is 1.05. The Morgan fingerprint density at radius 2 is 1.76 bits per heavy atom. The average Bonchev–Trinajstić information content (AvgIpc) is 3.68. The summed E-state index contributed by atoms with van der Waals surface area (Å²) >= 11 is 0. The lowest BCUT2D eigenvalue weighted by Crippen LogP contribution is -2.28. The molecule has 3 aromatic rings. The number of rotatable bonds is 18. The summed E-state index contributed by atoms with van der Waals surface area (Å²) < 4.78 is 88.8. The minimum Gasteiger partial charge on any atom is -0.478 e. The highest BCUT2D eigenvalue weighted by Crippen LogP contribution is 2.46. The van der Waals surface area contributed by atoms with Crippen molar-refractivity contribution in [3.05, 3.63) is 93.8 Å². The summed E-state index contributed by atoms with van der Waals surface area (Å²) in [5.74, 6) is 3.22. The fourth-order valence-electron chi connectivity index (χ4n) is 7.19. The van der Waals surface area contributed by atoms with Crippen molar-refractivity contribution in [2.24, 2.45) is 0 Å². The Morgan fingerprint density at radius 1 is 1.04 bits per heavy atom. The lowest BCUT2D eigenvalue weighted by molar-refractivity contribution is -0.120. The van der Waals surface area contributed by atoms with Gasteiger partial charge in [0.2, 0.25) is 5.91 Å². The third-order valence-electron chi connectivity index (χ3n) is 10.2. The average molecular weight is 998 g/mol. The number of carbonyl (C=O) groups is 3. The molecule has 1 fully saturated rings. The number of benzene rings is 3. The second-order valence-corrected chi connectivity index (χ2v) is 20.0. The number of nitrogens with two attached hydrogens (primary N) is 2. The van der Waals surface area contributed by atoms with Crippen LogP contribution in [-0.2, 0) is 34.5 Å². The predicted molar refractivity (Wildman–Crippen MR) is 249 cm³/mol. The molecule has 0 radical (unpaired) electrons. The van der Waals surface area contributed by atoms with Gasteiger partial charge in [0.05, 0.1) is 47.5 Å². The number of hydrogen-bond acceptors (Lipinski definition) is 17. The molecule has 2 aliphatic heterocycles. The van der Waals surface area contributed by atoms with Gasteiger partial charge in [-0.15, -0.1) is 6.58 Å². The molecule has 6 rings (SSSR count). The molecule has 21 nitrogen and oxygen atoms in total. The molecule has 3 unspecified atom stereocenters. The van der Waals surface area contributed by atoms with Crippen LogP contribution in [0.3, 0.4) is 0 Å². The van der Waals surface area contributed by atoms with Gasteiger partial charge in [-0.1, -0.05) is 52.5 Å². The fraction of sp³-hybridized carbons (Fsp3) is 0.286. The van der Waals surface area contributed by atoms with Crippen molar-refractivity contribution in [2.45, 2.75) is 54.4 Å². The molecule has 3 aliphatic rings. The SMILES string of the molecule is C=CCOC1CC(n2cc(C#CCNC(=O)CCSSCCNC(=O)c3ccc(-c4c5ccc(=N)c(S(=O)(=O)O)c-5oc5c(S(=O)(=O)O)c(N)ccc45)c(C(=O)O)c3)c(N)nc2=O)OC1CC. The lowest BCUT2D eigenvalue weighted by Gasteiger charge is -2.20. The molecular formula is C42H43N7O14S4. The smallest absolute Gasteiger partial charge is 0.351 e. The van der Waals surface area contributed by atoms with Crippen LogP contribution >= 0.6 is 21.6 Å². The zero-order valence-electron chi connectivity index (χ0n) is 35.3. The summed E-state index contributed by atoms with van der Waals surface area (Å²) in [4.78, 5) is 52.8. The highest BCUT2D eigenvalue weighted by Gasteiger charge is 2.37. The van der Waals surface area contributed by atoms with Crippen LogP contribution in [0.4, 0.5) is 11.5 Å². The Kier molecular flexibility index (Phi) is 15.8. The summed E-state index contributed by atoms with van der Waals surface area (Å²) in [6.07, 6.45) is 3.32. The Bertz CT molecular complexity index is 3170. The van der Waals surface area contributed by atoms with Gasteiger partial charge in [0.1, 0.15) is 12.0 Å². The number of anilines is 2. The molecular weight excluding hydrogens is 955 g/mol. The number of nitrogens with one attached hydrogen (secondary N) is 3. The molecule has 1 aliphatic carbocycles. The van der Waals surface area contributed by atoms with Gasteiger partial charge in [0.15, 0.2) is 21.1 Å². The molecule has 3 atom stereocenters.